The maximum absolute atomic E-state index is 5.75. The fourth-order valence-corrected chi connectivity index (χ4v) is 2.94. The van der Waals surface area contributed by atoms with Crippen LogP contribution in [0.25, 0.3) is 0 Å². The lowest BCUT2D eigenvalue weighted by atomic mass is 10.4. The average Bonchev–Trinajstić information content (AvgIpc) is 3.07. The fourth-order valence-electron chi connectivity index (χ4n) is 1.40. The maximum atomic E-state index is 5.75. The first kappa shape index (κ1) is 10.9. The molecule has 0 atom stereocenters. The molecule has 15 heavy (non-hydrogen) atoms. The van der Waals surface area contributed by atoms with Crippen LogP contribution in [0.15, 0.2) is 12.2 Å². The van der Waals surface area contributed by atoms with E-state index in [-0.39, 0.29) is 0 Å². The lowest BCUT2D eigenvalue weighted by molar-refractivity contribution is 0.244. The highest BCUT2D eigenvalue weighted by Crippen LogP contribution is 2.29. The molecule has 0 unspecified atom stereocenters. The monoisotopic (exact) mass is 224 g/mol. The van der Waals surface area contributed by atoms with E-state index in [1.54, 1.807) is 0 Å². The molecule has 0 amide bonds. The third-order valence-electron chi connectivity index (χ3n) is 2.63. The summed E-state index contributed by atoms with van der Waals surface area (Å²) in [6.45, 7) is 3.53. The van der Waals surface area contributed by atoms with Gasteiger partial charge in [-0.25, -0.2) is 0 Å². The van der Waals surface area contributed by atoms with Gasteiger partial charge in [-0.15, -0.1) is 0 Å². The molecule has 0 heterocycles. The van der Waals surface area contributed by atoms with Crippen LogP contribution in [-0.2, 0) is 8.85 Å². The number of hydrogen-bond donors (Lipinski definition) is 0. The molecule has 84 valence electrons. The summed E-state index contributed by atoms with van der Waals surface area (Å²) in [6.07, 6.45) is 9.84. The second-order valence-corrected chi connectivity index (χ2v) is 5.88. The maximum Gasteiger partial charge on any atom is 0.476 e. The van der Waals surface area contributed by atoms with Crippen LogP contribution in [0, 0.1) is 11.8 Å². The summed E-state index contributed by atoms with van der Waals surface area (Å²) in [7, 11) is -1.09. The van der Waals surface area contributed by atoms with E-state index in [1.165, 1.54) is 25.7 Å². The van der Waals surface area contributed by atoms with Gasteiger partial charge in [-0.05, 0) is 50.1 Å². The summed E-state index contributed by atoms with van der Waals surface area (Å²) in [6, 6.07) is 0. The van der Waals surface area contributed by atoms with Gasteiger partial charge in [0, 0.05) is 0 Å². The van der Waals surface area contributed by atoms with Gasteiger partial charge < -0.3 is 8.85 Å². The van der Waals surface area contributed by atoms with Crippen molar-refractivity contribution in [3.8, 4) is 0 Å². The SMILES string of the molecule is CCO[Si](=CC1CC1)OCC=CC1CC1. The highest BCUT2D eigenvalue weighted by Gasteiger charge is 2.21. The zero-order valence-corrected chi connectivity index (χ0v) is 10.4. The van der Waals surface area contributed by atoms with Crippen molar-refractivity contribution in [1.82, 2.24) is 0 Å². The minimum absolute atomic E-state index is 0.730. The molecule has 2 aliphatic carbocycles. The third kappa shape index (κ3) is 4.65. The van der Waals surface area contributed by atoms with Crippen molar-refractivity contribution in [3.05, 3.63) is 12.2 Å². The molecule has 2 rings (SSSR count). The molecule has 2 saturated carbocycles. The van der Waals surface area contributed by atoms with Crippen LogP contribution >= 0.6 is 0 Å². The van der Waals surface area contributed by atoms with Crippen molar-refractivity contribution in [3.63, 3.8) is 0 Å². The van der Waals surface area contributed by atoms with E-state index in [1.807, 2.05) is 6.92 Å². The predicted octanol–water partition coefficient (Wildman–Crippen LogP) is 2.29. The Balaban J connectivity index is 1.67. The molecule has 2 aliphatic rings. The third-order valence-corrected chi connectivity index (χ3v) is 4.40. The van der Waals surface area contributed by atoms with Gasteiger partial charge in [0.2, 0.25) is 0 Å². The van der Waals surface area contributed by atoms with Crippen molar-refractivity contribution >= 4 is 14.6 Å². The van der Waals surface area contributed by atoms with E-state index in [2.05, 4.69) is 17.8 Å². The zero-order chi connectivity index (χ0) is 10.5. The molecular weight excluding hydrogens is 204 g/mol. The summed E-state index contributed by atoms with van der Waals surface area (Å²) in [5.74, 6) is 1.64. The smallest absolute Gasteiger partial charge is 0.476 e. The van der Waals surface area contributed by atoms with Crippen LogP contribution in [0.5, 0.6) is 0 Å². The van der Waals surface area contributed by atoms with Gasteiger partial charge in [0.1, 0.15) is 0 Å². The van der Waals surface area contributed by atoms with Gasteiger partial charge in [-0.2, -0.15) is 0 Å². The molecule has 2 nitrogen and oxygen atoms in total. The summed E-state index contributed by atoms with van der Waals surface area (Å²) in [5, 5.41) is 0. The van der Waals surface area contributed by atoms with Crippen LogP contribution in [0.3, 0.4) is 0 Å². The Hall–Kier alpha value is -0.573. The number of allylic oxidation sites excluding steroid dienone is 1. The summed E-state index contributed by atoms with van der Waals surface area (Å²) >= 11 is 0. The zero-order valence-electron chi connectivity index (χ0n) is 9.45. The highest BCUT2D eigenvalue weighted by atomic mass is 28.3. The van der Waals surface area contributed by atoms with Gasteiger partial charge in [-0.3, -0.25) is 0 Å². The molecule has 2 fully saturated rings. The predicted molar refractivity (Wildman–Crippen MR) is 64.0 cm³/mol. The topological polar surface area (TPSA) is 18.5 Å². The Bertz CT molecular complexity index is 252. The van der Waals surface area contributed by atoms with E-state index in [9.17, 15) is 0 Å². The molecule has 0 bridgehead atoms. The van der Waals surface area contributed by atoms with Crippen molar-refractivity contribution < 1.29 is 8.85 Å². The molecule has 0 aliphatic heterocycles. The molecule has 0 saturated heterocycles. The van der Waals surface area contributed by atoms with E-state index in [0.717, 1.165) is 25.0 Å². The van der Waals surface area contributed by atoms with Crippen LogP contribution < -0.4 is 0 Å². The van der Waals surface area contributed by atoms with Crippen molar-refractivity contribution in [1.29, 1.82) is 0 Å². The van der Waals surface area contributed by atoms with E-state index >= 15 is 0 Å². The second-order valence-electron chi connectivity index (χ2n) is 4.33. The van der Waals surface area contributed by atoms with Crippen LogP contribution in [-0.4, -0.2) is 27.8 Å². The number of hydrogen-bond acceptors (Lipinski definition) is 2. The van der Waals surface area contributed by atoms with Gasteiger partial charge in [0.05, 0.1) is 13.2 Å². The van der Waals surface area contributed by atoms with Gasteiger partial charge in [-0.1, -0.05) is 12.2 Å². The second kappa shape index (κ2) is 5.49. The Morgan fingerprint density at radius 1 is 1.13 bits per heavy atom. The molecule has 0 aromatic rings. The summed E-state index contributed by atoms with van der Waals surface area (Å²) in [5.41, 5.74) is 2.30. The minimum Gasteiger partial charge on any atom is -0.524 e. The fraction of sp³-hybridized carbons (Fsp3) is 0.750. The average molecular weight is 224 g/mol. The van der Waals surface area contributed by atoms with Crippen molar-refractivity contribution in [2.45, 2.75) is 32.6 Å². The summed E-state index contributed by atoms with van der Waals surface area (Å²) in [4.78, 5) is 0. The molecule has 0 aromatic carbocycles. The van der Waals surface area contributed by atoms with Crippen LogP contribution in [0.2, 0.25) is 0 Å². The molecule has 0 aromatic heterocycles. The molecular formula is C12H20O2Si. The van der Waals surface area contributed by atoms with Crippen molar-refractivity contribution in [2.75, 3.05) is 13.2 Å². The lowest BCUT2D eigenvalue weighted by Gasteiger charge is -2.07. The quantitative estimate of drug-likeness (QED) is 0.488. The first-order chi connectivity index (χ1) is 7.38. The van der Waals surface area contributed by atoms with Crippen LogP contribution in [0.1, 0.15) is 32.6 Å². The largest absolute Gasteiger partial charge is 0.524 e. The van der Waals surface area contributed by atoms with E-state index in [0.29, 0.717) is 0 Å². The van der Waals surface area contributed by atoms with E-state index in [4.69, 9.17) is 8.85 Å². The molecule has 3 heteroatoms. The first-order valence-electron chi connectivity index (χ1n) is 6.02. The minimum atomic E-state index is -1.09. The molecule has 0 spiro atoms. The Morgan fingerprint density at radius 2 is 1.87 bits per heavy atom. The Morgan fingerprint density at radius 3 is 2.47 bits per heavy atom. The van der Waals surface area contributed by atoms with Crippen LogP contribution in [0.4, 0.5) is 0 Å². The lowest BCUT2D eigenvalue weighted by Crippen LogP contribution is -2.17. The molecule has 0 radical (unpaired) electrons. The normalized spacial score (nSPS) is 22.1. The van der Waals surface area contributed by atoms with E-state index < -0.39 is 8.90 Å². The first-order valence-corrected chi connectivity index (χ1v) is 7.42. The summed E-state index contributed by atoms with van der Waals surface area (Å²) < 4.78 is 11.4. The van der Waals surface area contributed by atoms with Gasteiger partial charge in [0.15, 0.2) is 0 Å². The van der Waals surface area contributed by atoms with Gasteiger partial charge >= 0.3 is 8.90 Å². The Kier molecular flexibility index (Phi) is 4.00. The van der Waals surface area contributed by atoms with Crippen molar-refractivity contribution in [2.24, 2.45) is 11.8 Å². The highest BCUT2D eigenvalue weighted by molar-refractivity contribution is 6.54. The number of rotatable bonds is 7. The Labute approximate surface area is 93.7 Å². The van der Waals surface area contributed by atoms with Gasteiger partial charge in [0.25, 0.3) is 0 Å². The molecule has 0 N–H and O–H groups in total. The standard InChI is InChI=1S/C12H20O2Si/c1-2-13-15(10-12-7-8-12)14-9-3-4-11-5-6-11/h3-4,10-12H,2,5-9H2,1H3.